The SMILES string of the molecule is Cc1cc(C)cc(NS(=O)(=O)c2cc(/C=C/c3onc(C)c3[N+](=O)[O-])ccc2C)c1. The molecule has 156 valence electrons. The Bertz CT molecular complexity index is 1240. The van der Waals surface area contributed by atoms with Gasteiger partial charge in [0.15, 0.2) is 5.69 Å². The molecule has 30 heavy (non-hydrogen) atoms. The summed E-state index contributed by atoms with van der Waals surface area (Å²) >= 11 is 0. The zero-order valence-corrected chi connectivity index (χ0v) is 17.8. The molecule has 0 radical (unpaired) electrons. The minimum absolute atomic E-state index is 0.00385. The van der Waals surface area contributed by atoms with E-state index in [9.17, 15) is 18.5 Å². The van der Waals surface area contributed by atoms with Gasteiger partial charge in [0.1, 0.15) is 0 Å². The van der Waals surface area contributed by atoms with Crippen LogP contribution in [0.4, 0.5) is 11.4 Å². The first-order valence-corrected chi connectivity index (χ1v) is 10.6. The molecule has 2 aromatic carbocycles. The molecule has 8 nitrogen and oxygen atoms in total. The smallest absolute Gasteiger partial charge is 0.338 e. The second-order valence-corrected chi connectivity index (χ2v) is 8.73. The van der Waals surface area contributed by atoms with E-state index in [0.717, 1.165) is 11.1 Å². The molecule has 1 aromatic heterocycles. The summed E-state index contributed by atoms with van der Waals surface area (Å²) in [6.07, 6.45) is 2.94. The van der Waals surface area contributed by atoms with Crippen molar-refractivity contribution in [1.29, 1.82) is 0 Å². The molecule has 0 aliphatic carbocycles. The molecule has 9 heteroatoms. The molecule has 0 unspecified atom stereocenters. The highest BCUT2D eigenvalue weighted by Crippen LogP contribution is 2.26. The van der Waals surface area contributed by atoms with Crippen LogP contribution in [-0.4, -0.2) is 18.5 Å². The quantitative estimate of drug-likeness (QED) is 0.447. The Morgan fingerprint density at radius 1 is 1.03 bits per heavy atom. The van der Waals surface area contributed by atoms with Gasteiger partial charge in [0.25, 0.3) is 10.0 Å². The van der Waals surface area contributed by atoms with Crippen LogP contribution in [0.2, 0.25) is 0 Å². The number of nitro groups is 1. The third kappa shape index (κ3) is 4.57. The molecule has 0 bridgehead atoms. The molecule has 0 spiro atoms. The molecule has 0 aliphatic heterocycles. The van der Waals surface area contributed by atoms with Crippen LogP contribution in [0.15, 0.2) is 45.8 Å². The second kappa shape index (κ2) is 8.11. The third-order valence-corrected chi connectivity index (χ3v) is 5.97. The first kappa shape index (κ1) is 21.3. The van der Waals surface area contributed by atoms with Gasteiger partial charge in [0, 0.05) is 5.69 Å². The molecule has 0 saturated heterocycles. The molecule has 0 saturated carbocycles. The zero-order chi connectivity index (χ0) is 22.1. The summed E-state index contributed by atoms with van der Waals surface area (Å²) in [5, 5.41) is 14.8. The number of rotatable bonds is 6. The van der Waals surface area contributed by atoms with Gasteiger partial charge >= 0.3 is 5.69 Å². The minimum atomic E-state index is -3.83. The number of nitrogens with zero attached hydrogens (tertiary/aromatic N) is 2. The Kier molecular flexibility index (Phi) is 5.75. The van der Waals surface area contributed by atoms with E-state index in [4.69, 9.17) is 4.52 Å². The van der Waals surface area contributed by atoms with Crippen LogP contribution in [0.1, 0.15) is 33.7 Å². The van der Waals surface area contributed by atoms with E-state index in [1.165, 1.54) is 19.1 Å². The topological polar surface area (TPSA) is 115 Å². The lowest BCUT2D eigenvalue weighted by atomic mass is 10.1. The predicted molar refractivity (Wildman–Crippen MR) is 115 cm³/mol. The van der Waals surface area contributed by atoms with Gasteiger partial charge in [0.2, 0.25) is 5.76 Å². The van der Waals surface area contributed by atoms with E-state index in [0.29, 0.717) is 16.8 Å². The molecule has 0 aliphatic rings. The van der Waals surface area contributed by atoms with E-state index in [2.05, 4.69) is 9.88 Å². The predicted octanol–water partition coefficient (Wildman–Crippen LogP) is 4.79. The highest BCUT2D eigenvalue weighted by molar-refractivity contribution is 7.92. The molecule has 3 rings (SSSR count). The first-order valence-electron chi connectivity index (χ1n) is 9.07. The number of hydrogen-bond acceptors (Lipinski definition) is 6. The van der Waals surface area contributed by atoms with Crippen molar-refractivity contribution in [2.75, 3.05) is 4.72 Å². The lowest BCUT2D eigenvalue weighted by Crippen LogP contribution is -2.14. The van der Waals surface area contributed by atoms with Crippen LogP contribution >= 0.6 is 0 Å². The van der Waals surface area contributed by atoms with Crippen molar-refractivity contribution in [2.45, 2.75) is 32.6 Å². The van der Waals surface area contributed by atoms with Crippen molar-refractivity contribution in [3.63, 3.8) is 0 Å². The van der Waals surface area contributed by atoms with Crippen LogP contribution in [0.25, 0.3) is 12.2 Å². The van der Waals surface area contributed by atoms with Gasteiger partial charge in [-0.1, -0.05) is 29.4 Å². The molecule has 0 atom stereocenters. The number of aryl methyl sites for hydroxylation is 4. The van der Waals surface area contributed by atoms with Crippen molar-refractivity contribution >= 4 is 33.6 Å². The maximum absolute atomic E-state index is 13.0. The normalized spacial score (nSPS) is 11.7. The van der Waals surface area contributed by atoms with Crippen molar-refractivity contribution in [3.05, 3.63) is 80.2 Å². The zero-order valence-electron chi connectivity index (χ0n) is 17.0. The van der Waals surface area contributed by atoms with E-state index in [1.807, 2.05) is 19.9 Å². The van der Waals surface area contributed by atoms with Crippen molar-refractivity contribution in [3.8, 4) is 0 Å². The largest absolute Gasteiger partial charge is 0.349 e. The van der Waals surface area contributed by atoms with Crippen molar-refractivity contribution < 1.29 is 17.9 Å². The number of sulfonamides is 1. The average Bonchev–Trinajstić information content (AvgIpc) is 3.00. The minimum Gasteiger partial charge on any atom is -0.349 e. The molecular weight excluding hydrogens is 406 g/mol. The lowest BCUT2D eigenvalue weighted by Gasteiger charge is -2.12. The lowest BCUT2D eigenvalue weighted by molar-refractivity contribution is -0.386. The number of hydrogen-bond donors (Lipinski definition) is 1. The van der Waals surface area contributed by atoms with E-state index >= 15 is 0 Å². The Labute approximate surface area is 174 Å². The highest BCUT2D eigenvalue weighted by Gasteiger charge is 2.22. The maximum Gasteiger partial charge on any atom is 0.338 e. The maximum atomic E-state index is 13.0. The molecule has 1 N–H and O–H groups in total. The van der Waals surface area contributed by atoms with Crippen LogP contribution in [0.5, 0.6) is 0 Å². The monoisotopic (exact) mass is 427 g/mol. The van der Waals surface area contributed by atoms with E-state index in [1.54, 1.807) is 37.3 Å². The molecule has 1 heterocycles. The number of nitrogens with one attached hydrogen (secondary N) is 1. The van der Waals surface area contributed by atoms with E-state index in [-0.39, 0.29) is 22.0 Å². The first-order chi connectivity index (χ1) is 14.1. The van der Waals surface area contributed by atoms with Gasteiger partial charge in [-0.25, -0.2) is 8.42 Å². The van der Waals surface area contributed by atoms with Gasteiger partial charge in [-0.3, -0.25) is 14.8 Å². The molecule has 3 aromatic rings. The Morgan fingerprint density at radius 3 is 2.33 bits per heavy atom. The van der Waals surface area contributed by atoms with Crippen LogP contribution in [0.3, 0.4) is 0 Å². The van der Waals surface area contributed by atoms with Gasteiger partial charge in [0.05, 0.1) is 9.82 Å². The van der Waals surface area contributed by atoms with Crippen LogP contribution in [-0.2, 0) is 10.0 Å². The fraction of sp³-hybridized carbons (Fsp3) is 0.190. The summed E-state index contributed by atoms with van der Waals surface area (Å²) in [7, 11) is -3.83. The second-order valence-electron chi connectivity index (χ2n) is 7.08. The van der Waals surface area contributed by atoms with Gasteiger partial charge in [-0.2, -0.15) is 0 Å². The van der Waals surface area contributed by atoms with Crippen LogP contribution < -0.4 is 4.72 Å². The summed E-state index contributed by atoms with van der Waals surface area (Å²) in [5.74, 6) is -0.00385. The average molecular weight is 427 g/mol. The summed E-state index contributed by atoms with van der Waals surface area (Å²) < 4.78 is 33.5. The van der Waals surface area contributed by atoms with Gasteiger partial charge in [-0.05, 0) is 74.2 Å². The third-order valence-electron chi connectivity index (χ3n) is 4.44. The Balaban J connectivity index is 1.94. The van der Waals surface area contributed by atoms with Crippen molar-refractivity contribution in [2.24, 2.45) is 0 Å². The van der Waals surface area contributed by atoms with Crippen molar-refractivity contribution in [1.82, 2.24) is 5.16 Å². The number of aromatic nitrogens is 1. The fourth-order valence-corrected chi connectivity index (χ4v) is 4.46. The fourth-order valence-electron chi connectivity index (χ4n) is 3.14. The van der Waals surface area contributed by atoms with E-state index < -0.39 is 14.9 Å². The van der Waals surface area contributed by atoms with Crippen LogP contribution in [0, 0.1) is 37.8 Å². The number of anilines is 1. The van der Waals surface area contributed by atoms with Gasteiger partial charge < -0.3 is 4.52 Å². The summed E-state index contributed by atoms with van der Waals surface area (Å²) in [5.41, 5.74) is 3.46. The summed E-state index contributed by atoms with van der Waals surface area (Å²) in [6.45, 7) is 6.97. The molecule has 0 fully saturated rings. The Hall–Kier alpha value is -3.46. The molecular formula is C21H21N3O5S. The highest BCUT2D eigenvalue weighted by atomic mass is 32.2. The summed E-state index contributed by atoms with van der Waals surface area (Å²) in [6, 6.07) is 10.4. The summed E-state index contributed by atoms with van der Waals surface area (Å²) in [4.78, 5) is 10.7. The standard InChI is InChI=1S/C21H21N3O5S/c1-13-9-14(2)11-18(10-13)23-30(27,28)20-12-17(6-5-15(20)3)7-8-19-21(24(25)26)16(4)22-29-19/h5-12,23H,1-4H3/b8-7+. The molecule has 0 amide bonds. The van der Waals surface area contributed by atoms with Gasteiger partial charge in [-0.15, -0.1) is 0 Å². The number of benzene rings is 2. The Morgan fingerprint density at radius 2 is 1.70 bits per heavy atom.